The van der Waals surface area contributed by atoms with Crippen molar-refractivity contribution in [3.05, 3.63) is 29.8 Å². The average molecular weight is 245 g/mol. The molecule has 0 amide bonds. The molecule has 1 saturated heterocycles. The fourth-order valence-electron chi connectivity index (χ4n) is 3.13. The van der Waals surface area contributed by atoms with Crippen LogP contribution >= 0.6 is 0 Å². The number of carbonyl (C=O) groups is 1. The average Bonchev–Trinajstić information content (AvgIpc) is 2.87. The second-order valence-electron chi connectivity index (χ2n) is 5.20. The van der Waals surface area contributed by atoms with Gasteiger partial charge in [0.1, 0.15) is 0 Å². The van der Waals surface area contributed by atoms with Gasteiger partial charge < -0.3 is 9.64 Å². The van der Waals surface area contributed by atoms with Crippen LogP contribution in [0.3, 0.4) is 0 Å². The molecule has 0 spiro atoms. The zero-order valence-corrected chi connectivity index (χ0v) is 10.8. The summed E-state index contributed by atoms with van der Waals surface area (Å²) in [5.74, 6) is 0.127. The van der Waals surface area contributed by atoms with E-state index in [4.69, 9.17) is 4.74 Å². The molecule has 2 aliphatic rings. The Kier molecular flexibility index (Phi) is 3.08. The van der Waals surface area contributed by atoms with Gasteiger partial charge in [-0.05, 0) is 50.5 Å². The van der Waals surface area contributed by atoms with E-state index in [9.17, 15) is 4.79 Å². The molecular formula is C15H19NO2. The first-order valence-corrected chi connectivity index (χ1v) is 6.75. The number of hydrogen-bond donors (Lipinski definition) is 0. The van der Waals surface area contributed by atoms with Gasteiger partial charge in [0.05, 0.1) is 18.8 Å². The Hall–Kier alpha value is -1.35. The fourth-order valence-corrected chi connectivity index (χ4v) is 3.13. The van der Waals surface area contributed by atoms with Crippen LogP contribution in [-0.2, 0) is 4.74 Å². The van der Waals surface area contributed by atoms with E-state index in [0.29, 0.717) is 12.1 Å². The van der Waals surface area contributed by atoms with Gasteiger partial charge in [-0.15, -0.1) is 0 Å². The summed E-state index contributed by atoms with van der Waals surface area (Å²) in [7, 11) is 0. The molecule has 0 bridgehead atoms. The van der Waals surface area contributed by atoms with Crippen LogP contribution in [-0.4, -0.2) is 31.1 Å². The first kappa shape index (κ1) is 11.7. The first-order chi connectivity index (χ1) is 8.75. The van der Waals surface area contributed by atoms with Crippen LogP contribution in [0.5, 0.6) is 0 Å². The van der Waals surface area contributed by atoms with E-state index in [1.54, 1.807) is 6.92 Å². The van der Waals surface area contributed by atoms with Crippen molar-refractivity contribution in [2.24, 2.45) is 0 Å². The van der Waals surface area contributed by atoms with Gasteiger partial charge in [0, 0.05) is 17.8 Å². The summed E-state index contributed by atoms with van der Waals surface area (Å²) in [6.07, 6.45) is 4.08. The molecule has 2 fully saturated rings. The molecule has 1 aliphatic heterocycles. The highest BCUT2D eigenvalue weighted by Gasteiger charge is 2.35. The smallest absolute Gasteiger partial charge is 0.159 e. The lowest BCUT2D eigenvalue weighted by Gasteiger charge is -2.39. The standard InChI is InChI=1S/C15H19NO2/c1-11(17)12-5-7-13(8-6-12)16-9-10-18-15-4-2-3-14(15)16/h5-8,14-15H,2-4,9-10H2,1H3. The lowest BCUT2D eigenvalue weighted by Crippen LogP contribution is -2.48. The van der Waals surface area contributed by atoms with Crippen LogP contribution in [0, 0.1) is 0 Å². The van der Waals surface area contributed by atoms with Gasteiger partial charge in [0.25, 0.3) is 0 Å². The number of ether oxygens (including phenoxy) is 1. The molecule has 1 aromatic carbocycles. The molecule has 1 saturated carbocycles. The van der Waals surface area contributed by atoms with Crippen LogP contribution in [0.15, 0.2) is 24.3 Å². The molecule has 3 rings (SSSR count). The summed E-state index contributed by atoms with van der Waals surface area (Å²) in [5, 5.41) is 0. The Balaban J connectivity index is 1.82. The number of carbonyl (C=O) groups excluding carboxylic acids is 1. The number of rotatable bonds is 2. The Morgan fingerprint density at radius 3 is 2.78 bits per heavy atom. The summed E-state index contributed by atoms with van der Waals surface area (Å²) < 4.78 is 5.82. The summed E-state index contributed by atoms with van der Waals surface area (Å²) in [6, 6.07) is 8.52. The summed E-state index contributed by atoms with van der Waals surface area (Å²) in [4.78, 5) is 13.7. The van der Waals surface area contributed by atoms with Gasteiger partial charge in [-0.1, -0.05) is 0 Å². The molecule has 2 unspecified atom stereocenters. The number of ketones is 1. The lowest BCUT2D eigenvalue weighted by atomic mass is 10.1. The van der Waals surface area contributed by atoms with E-state index in [1.165, 1.54) is 24.9 Å². The maximum absolute atomic E-state index is 11.3. The molecule has 1 heterocycles. The second-order valence-corrected chi connectivity index (χ2v) is 5.20. The highest BCUT2D eigenvalue weighted by atomic mass is 16.5. The minimum absolute atomic E-state index is 0.127. The zero-order chi connectivity index (χ0) is 12.5. The third-order valence-electron chi connectivity index (χ3n) is 4.09. The highest BCUT2D eigenvalue weighted by Crippen LogP contribution is 2.33. The molecule has 3 nitrogen and oxygen atoms in total. The highest BCUT2D eigenvalue weighted by molar-refractivity contribution is 5.94. The normalized spacial score (nSPS) is 27.1. The van der Waals surface area contributed by atoms with Gasteiger partial charge in [-0.2, -0.15) is 0 Å². The van der Waals surface area contributed by atoms with Crippen LogP contribution in [0.25, 0.3) is 0 Å². The quantitative estimate of drug-likeness (QED) is 0.750. The van der Waals surface area contributed by atoms with E-state index in [0.717, 1.165) is 18.7 Å². The molecule has 1 aliphatic carbocycles. The Bertz CT molecular complexity index is 440. The second kappa shape index (κ2) is 4.73. The van der Waals surface area contributed by atoms with Crippen molar-refractivity contribution >= 4 is 11.5 Å². The van der Waals surface area contributed by atoms with E-state index >= 15 is 0 Å². The van der Waals surface area contributed by atoms with Crippen LogP contribution < -0.4 is 4.90 Å². The zero-order valence-electron chi connectivity index (χ0n) is 10.8. The van der Waals surface area contributed by atoms with Gasteiger partial charge in [0.2, 0.25) is 0 Å². The predicted molar refractivity (Wildman–Crippen MR) is 71.2 cm³/mol. The van der Waals surface area contributed by atoms with Crippen LogP contribution in [0.4, 0.5) is 5.69 Å². The summed E-state index contributed by atoms with van der Waals surface area (Å²) in [5.41, 5.74) is 2.01. The maximum Gasteiger partial charge on any atom is 0.159 e. The van der Waals surface area contributed by atoms with Crippen molar-refractivity contribution in [3.8, 4) is 0 Å². The number of nitrogens with zero attached hydrogens (tertiary/aromatic N) is 1. The SMILES string of the molecule is CC(=O)c1ccc(N2CCOC3CCCC32)cc1. The van der Waals surface area contributed by atoms with E-state index in [2.05, 4.69) is 17.0 Å². The molecule has 18 heavy (non-hydrogen) atoms. The summed E-state index contributed by atoms with van der Waals surface area (Å²) in [6.45, 7) is 3.38. The van der Waals surface area contributed by atoms with Crippen molar-refractivity contribution in [1.29, 1.82) is 0 Å². The van der Waals surface area contributed by atoms with Crippen molar-refractivity contribution in [1.82, 2.24) is 0 Å². The minimum Gasteiger partial charge on any atom is -0.374 e. The Labute approximate surface area is 108 Å². The topological polar surface area (TPSA) is 29.5 Å². The number of hydrogen-bond acceptors (Lipinski definition) is 3. The lowest BCUT2D eigenvalue weighted by molar-refractivity contribution is 0.0256. The molecule has 3 heteroatoms. The number of Topliss-reactive ketones (excluding diaryl/α,β-unsaturated/α-hetero) is 1. The molecule has 0 N–H and O–H groups in total. The number of fused-ring (bicyclic) bond motifs is 1. The van der Waals surface area contributed by atoms with Gasteiger partial charge in [0.15, 0.2) is 5.78 Å². The van der Waals surface area contributed by atoms with Gasteiger partial charge in [-0.25, -0.2) is 0 Å². The number of morpholine rings is 1. The number of benzene rings is 1. The Morgan fingerprint density at radius 1 is 1.28 bits per heavy atom. The Morgan fingerprint density at radius 2 is 2.06 bits per heavy atom. The molecule has 2 atom stereocenters. The molecule has 0 aromatic heterocycles. The third kappa shape index (κ3) is 2.03. The first-order valence-electron chi connectivity index (χ1n) is 6.75. The van der Waals surface area contributed by atoms with E-state index < -0.39 is 0 Å². The maximum atomic E-state index is 11.3. The monoisotopic (exact) mass is 245 g/mol. The molecule has 96 valence electrons. The van der Waals surface area contributed by atoms with Crippen LogP contribution in [0.1, 0.15) is 36.5 Å². The molecular weight excluding hydrogens is 226 g/mol. The number of anilines is 1. The largest absolute Gasteiger partial charge is 0.374 e. The van der Waals surface area contributed by atoms with Crippen molar-refractivity contribution in [3.63, 3.8) is 0 Å². The van der Waals surface area contributed by atoms with Gasteiger partial charge in [-0.3, -0.25) is 4.79 Å². The minimum atomic E-state index is 0.127. The fraction of sp³-hybridized carbons (Fsp3) is 0.533. The predicted octanol–water partition coefficient (Wildman–Crippen LogP) is 2.65. The van der Waals surface area contributed by atoms with E-state index in [1.807, 2.05) is 12.1 Å². The van der Waals surface area contributed by atoms with Gasteiger partial charge >= 0.3 is 0 Å². The van der Waals surface area contributed by atoms with Crippen molar-refractivity contribution < 1.29 is 9.53 Å². The third-order valence-corrected chi connectivity index (χ3v) is 4.09. The van der Waals surface area contributed by atoms with Crippen LogP contribution in [0.2, 0.25) is 0 Å². The van der Waals surface area contributed by atoms with E-state index in [-0.39, 0.29) is 5.78 Å². The molecule has 1 aromatic rings. The molecule has 0 radical (unpaired) electrons. The van der Waals surface area contributed by atoms with Crippen molar-refractivity contribution in [2.45, 2.75) is 38.3 Å². The summed E-state index contributed by atoms with van der Waals surface area (Å²) >= 11 is 0. The van der Waals surface area contributed by atoms with Crippen molar-refractivity contribution in [2.75, 3.05) is 18.1 Å².